The molecule has 142 valence electrons. The number of ketones is 1. The summed E-state index contributed by atoms with van der Waals surface area (Å²) in [6.45, 7) is 0.440. The molecule has 0 aliphatic heterocycles. The molecular weight excluding hydrogens is 378 g/mol. The van der Waals surface area contributed by atoms with E-state index < -0.39 is 5.97 Å². The molecule has 3 aromatic rings. The third-order valence-corrected chi connectivity index (χ3v) is 4.45. The molecule has 0 bridgehead atoms. The average Bonchev–Trinajstić information content (AvgIpc) is 3.17. The maximum absolute atomic E-state index is 12.7. The Labute approximate surface area is 167 Å². The van der Waals surface area contributed by atoms with Crippen molar-refractivity contribution >= 4 is 29.4 Å². The molecule has 5 nitrogen and oxygen atoms in total. The zero-order chi connectivity index (χ0) is 20.1. The van der Waals surface area contributed by atoms with Crippen LogP contribution in [0.15, 0.2) is 66.9 Å². The number of allylic oxidation sites excluding steroid dienone is 1. The second kappa shape index (κ2) is 8.59. The predicted octanol–water partition coefficient (Wildman–Crippen LogP) is 4.58. The lowest BCUT2D eigenvalue weighted by Crippen LogP contribution is -2.09. The summed E-state index contributed by atoms with van der Waals surface area (Å²) in [7, 11) is 1.32. The first-order valence-corrected chi connectivity index (χ1v) is 8.90. The van der Waals surface area contributed by atoms with Gasteiger partial charge in [0.1, 0.15) is 5.75 Å². The lowest BCUT2D eigenvalue weighted by Gasteiger charge is -2.07. The van der Waals surface area contributed by atoms with Crippen molar-refractivity contribution in [1.29, 1.82) is 0 Å². The fraction of sp³-hybridized carbons (Fsp3) is 0.0909. The zero-order valence-electron chi connectivity index (χ0n) is 15.1. The van der Waals surface area contributed by atoms with Crippen molar-refractivity contribution in [3.05, 3.63) is 94.3 Å². The Hall–Kier alpha value is -3.31. The number of aromatic hydroxyl groups is 1. The Morgan fingerprint density at radius 1 is 1.14 bits per heavy atom. The van der Waals surface area contributed by atoms with Gasteiger partial charge >= 0.3 is 5.97 Å². The number of phenols is 1. The van der Waals surface area contributed by atoms with Gasteiger partial charge in [-0.2, -0.15) is 0 Å². The van der Waals surface area contributed by atoms with Gasteiger partial charge in [0.2, 0.25) is 5.78 Å². The van der Waals surface area contributed by atoms with Gasteiger partial charge in [-0.25, -0.2) is 4.79 Å². The number of hydrogen-bond acceptors (Lipinski definition) is 4. The van der Waals surface area contributed by atoms with E-state index in [4.69, 9.17) is 16.3 Å². The highest BCUT2D eigenvalue weighted by Gasteiger charge is 2.13. The van der Waals surface area contributed by atoms with Crippen LogP contribution in [-0.4, -0.2) is 28.5 Å². The fourth-order valence-corrected chi connectivity index (χ4v) is 2.97. The Morgan fingerprint density at radius 3 is 2.61 bits per heavy atom. The number of methoxy groups -OCH3 is 1. The summed E-state index contributed by atoms with van der Waals surface area (Å²) < 4.78 is 6.60. The highest BCUT2D eigenvalue weighted by Crippen LogP contribution is 2.19. The summed E-state index contributed by atoms with van der Waals surface area (Å²) >= 11 is 5.97. The smallest absolute Gasteiger partial charge is 0.338 e. The highest BCUT2D eigenvalue weighted by molar-refractivity contribution is 6.31. The number of carbonyl (C=O) groups excluding carboxylic acids is 2. The second-order valence-electron chi connectivity index (χ2n) is 6.05. The van der Waals surface area contributed by atoms with E-state index in [1.165, 1.54) is 19.2 Å². The molecule has 0 saturated heterocycles. The summed E-state index contributed by atoms with van der Waals surface area (Å²) in [5.41, 5.74) is 2.07. The number of ether oxygens (including phenoxy) is 1. The Bertz CT molecular complexity index is 1030. The van der Waals surface area contributed by atoms with Crippen LogP contribution in [0, 0.1) is 0 Å². The molecule has 0 aliphatic rings. The van der Waals surface area contributed by atoms with Gasteiger partial charge in [0.25, 0.3) is 0 Å². The van der Waals surface area contributed by atoms with Gasteiger partial charge in [0.15, 0.2) is 0 Å². The molecule has 0 amide bonds. The topological polar surface area (TPSA) is 68.5 Å². The van der Waals surface area contributed by atoms with Crippen LogP contribution in [0.5, 0.6) is 5.75 Å². The molecule has 6 heteroatoms. The van der Waals surface area contributed by atoms with Crippen LogP contribution in [-0.2, 0) is 11.3 Å². The molecule has 1 aromatic heterocycles. The normalized spacial score (nSPS) is 10.9. The fourth-order valence-electron chi connectivity index (χ4n) is 2.79. The first kappa shape index (κ1) is 19.5. The number of nitrogens with zero attached hydrogens (tertiary/aromatic N) is 1. The van der Waals surface area contributed by atoms with Crippen LogP contribution in [0.25, 0.3) is 6.08 Å². The van der Waals surface area contributed by atoms with E-state index in [9.17, 15) is 14.7 Å². The van der Waals surface area contributed by atoms with Crippen molar-refractivity contribution in [3.63, 3.8) is 0 Å². The molecular formula is C22H18ClNO4. The van der Waals surface area contributed by atoms with E-state index >= 15 is 0 Å². The summed E-state index contributed by atoms with van der Waals surface area (Å²) in [5, 5.41) is 9.83. The van der Waals surface area contributed by atoms with Gasteiger partial charge in [-0.05, 0) is 54.1 Å². The highest BCUT2D eigenvalue weighted by atomic mass is 35.5. The van der Waals surface area contributed by atoms with Gasteiger partial charge in [-0.15, -0.1) is 0 Å². The van der Waals surface area contributed by atoms with Gasteiger partial charge in [-0.3, -0.25) is 4.79 Å². The first-order valence-electron chi connectivity index (χ1n) is 8.53. The quantitative estimate of drug-likeness (QED) is 0.490. The number of aromatic nitrogens is 1. The van der Waals surface area contributed by atoms with Crippen LogP contribution in [0.1, 0.15) is 32.0 Å². The molecule has 2 aromatic carbocycles. The van der Waals surface area contributed by atoms with Gasteiger partial charge < -0.3 is 14.4 Å². The number of phenolic OH excluding ortho intramolecular Hbond substituents is 1. The predicted molar refractivity (Wildman–Crippen MR) is 108 cm³/mol. The van der Waals surface area contributed by atoms with Crippen molar-refractivity contribution in [3.8, 4) is 5.75 Å². The molecule has 0 aliphatic carbocycles. The molecule has 0 saturated carbocycles. The second-order valence-corrected chi connectivity index (χ2v) is 6.48. The van der Waals surface area contributed by atoms with Crippen molar-refractivity contribution in [2.75, 3.05) is 7.11 Å². The number of carbonyl (C=O) groups is 2. The number of esters is 1. The van der Waals surface area contributed by atoms with Gasteiger partial charge in [-0.1, -0.05) is 29.8 Å². The number of rotatable bonds is 6. The molecule has 28 heavy (non-hydrogen) atoms. The monoisotopic (exact) mass is 395 g/mol. The van der Waals surface area contributed by atoms with E-state index in [1.54, 1.807) is 59.3 Å². The van der Waals surface area contributed by atoms with E-state index in [0.29, 0.717) is 34.0 Å². The van der Waals surface area contributed by atoms with Crippen LogP contribution in [0.3, 0.4) is 0 Å². The molecule has 0 radical (unpaired) electrons. The molecule has 3 rings (SSSR count). The van der Waals surface area contributed by atoms with Gasteiger partial charge in [0, 0.05) is 23.3 Å². The van der Waals surface area contributed by atoms with Crippen LogP contribution >= 0.6 is 11.6 Å². The van der Waals surface area contributed by atoms with E-state index in [2.05, 4.69) is 0 Å². The Balaban J connectivity index is 1.80. The SMILES string of the molecule is COC(=O)c1cc(Cl)ccc1C=CCn1cccc1C(=O)c1ccc(O)cc1. The third-order valence-electron chi connectivity index (χ3n) is 4.21. The average molecular weight is 396 g/mol. The molecule has 0 fully saturated rings. The summed E-state index contributed by atoms with van der Waals surface area (Å²) in [6, 6.07) is 14.7. The van der Waals surface area contributed by atoms with Crippen molar-refractivity contribution < 1.29 is 19.4 Å². The van der Waals surface area contributed by atoms with E-state index in [-0.39, 0.29) is 11.5 Å². The third kappa shape index (κ3) is 4.32. The number of hydrogen-bond donors (Lipinski definition) is 1. The maximum Gasteiger partial charge on any atom is 0.338 e. The molecule has 1 heterocycles. The Kier molecular flexibility index (Phi) is 5.96. The van der Waals surface area contributed by atoms with E-state index in [0.717, 1.165) is 0 Å². The largest absolute Gasteiger partial charge is 0.508 e. The maximum atomic E-state index is 12.7. The minimum absolute atomic E-state index is 0.110. The van der Waals surface area contributed by atoms with Gasteiger partial charge in [0.05, 0.1) is 18.4 Å². The molecule has 1 N–H and O–H groups in total. The summed E-state index contributed by atoms with van der Waals surface area (Å²) in [5.74, 6) is -0.495. The minimum atomic E-state index is -0.466. The first-order chi connectivity index (χ1) is 13.5. The van der Waals surface area contributed by atoms with Crippen LogP contribution in [0.4, 0.5) is 0 Å². The summed E-state index contributed by atoms with van der Waals surface area (Å²) in [4.78, 5) is 24.6. The number of halogens is 1. The lowest BCUT2D eigenvalue weighted by molar-refractivity contribution is 0.0600. The zero-order valence-corrected chi connectivity index (χ0v) is 15.9. The van der Waals surface area contributed by atoms with Crippen LogP contribution < -0.4 is 0 Å². The molecule has 0 spiro atoms. The van der Waals surface area contributed by atoms with E-state index in [1.807, 2.05) is 6.08 Å². The van der Waals surface area contributed by atoms with Crippen molar-refractivity contribution in [2.24, 2.45) is 0 Å². The molecule has 0 unspecified atom stereocenters. The lowest BCUT2D eigenvalue weighted by atomic mass is 10.1. The number of benzene rings is 2. The molecule has 0 atom stereocenters. The van der Waals surface area contributed by atoms with Crippen molar-refractivity contribution in [1.82, 2.24) is 4.57 Å². The minimum Gasteiger partial charge on any atom is -0.508 e. The Morgan fingerprint density at radius 2 is 1.89 bits per heavy atom. The summed E-state index contributed by atoms with van der Waals surface area (Å²) in [6.07, 6.45) is 5.45. The van der Waals surface area contributed by atoms with Crippen molar-refractivity contribution in [2.45, 2.75) is 6.54 Å². The standard InChI is InChI=1S/C22H18ClNO4/c1-28-22(27)19-14-17(23)9-6-15(19)4-2-12-24-13-3-5-20(24)21(26)16-7-10-18(25)11-8-16/h2-11,13-14,25H,12H2,1H3. The van der Waals surface area contributed by atoms with Crippen LogP contribution in [0.2, 0.25) is 5.02 Å².